The molecule has 4 heterocycles. The van der Waals surface area contributed by atoms with Crippen molar-refractivity contribution in [3.63, 3.8) is 0 Å². The van der Waals surface area contributed by atoms with Crippen molar-refractivity contribution in [2.75, 3.05) is 34.8 Å². The summed E-state index contributed by atoms with van der Waals surface area (Å²) in [5, 5.41) is 21.0. The molecule has 3 N–H and O–H groups in total. The smallest absolute Gasteiger partial charge is 0.263 e. The minimum atomic E-state index is -0.815. The van der Waals surface area contributed by atoms with E-state index in [4.69, 9.17) is 5.41 Å². The Morgan fingerprint density at radius 3 is 2.86 bits per heavy atom. The first-order valence-corrected chi connectivity index (χ1v) is 8.88. The number of carbonyl (C=O) groups excluding carboxylic acids is 1. The summed E-state index contributed by atoms with van der Waals surface area (Å²) in [6.45, 7) is 1.03. The van der Waals surface area contributed by atoms with Crippen molar-refractivity contribution in [2.24, 2.45) is 0 Å². The molecule has 0 aliphatic carbocycles. The second-order valence-corrected chi connectivity index (χ2v) is 6.66. The van der Waals surface area contributed by atoms with E-state index in [9.17, 15) is 14.3 Å². The molecular weight excluding hydrogens is 363 g/mol. The fourth-order valence-electron chi connectivity index (χ4n) is 3.25. The predicted molar refractivity (Wildman–Crippen MR) is 104 cm³/mol. The van der Waals surface area contributed by atoms with Crippen LogP contribution in [0.15, 0.2) is 48.4 Å². The van der Waals surface area contributed by atoms with Gasteiger partial charge in [-0.2, -0.15) is 0 Å². The van der Waals surface area contributed by atoms with Gasteiger partial charge in [-0.25, -0.2) is 14.4 Å². The number of hydrogen-bond acceptors (Lipinski definition) is 7. The molecule has 0 radical (unpaired) electrons. The fourth-order valence-corrected chi connectivity index (χ4v) is 3.25. The summed E-state index contributed by atoms with van der Waals surface area (Å²) in [5.41, 5.74) is 0.958. The van der Waals surface area contributed by atoms with Crippen molar-refractivity contribution in [1.29, 1.82) is 5.41 Å². The summed E-state index contributed by atoms with van der Waals surface area (Å²) in [7, 11) is 0. The number of nitrogens with zero attached hydrogens (tertiary/aromatic N) is 4. The van der Waals surface area contributed by atoms with Crippen LogP contribution in [0.1, 0.15) is 6.42 Å². The van der Waals surface area contributed by atoms with Gasteiger partial charge in [0.25, 0.3) is 5.91 Å². The molecule has 0 aromatic carbocycles. The lowest BCUT2D eigenvalue weighted by molar-refractivity contribution is -0.114. The zero-order valence-corrected chi connectivity index (χ0v) is 15.0. The van der Waals surface area contributed by atoms with Gasteiger partial charge in [-0.1, -0.05) is 0 Å². The molecule has 4 rings (SSSR count). The fraction of sp³-hybridized carbons (Fsp3) is 0.263. The molecule has 28 heavy (non-hydrogen) atoms. The first kappa shape index (κ1) is 17.9. The maximum Gasteiger partial charge on any atom is 0.263 e. The van der Waals surface area contributed by atoms with Gasteiger partial charge in [-0.05, 0) is 30.7 Å². The molecule has 2 aromatic heterocycles. The number of alkyl halides is 1. The first-order chi connectivity index (χ1) is 13.5. The van der Waals surface area contributed by atoms with E-state index in [2.05, 4.69) is 15.3 Å². The molecule has 2 fully saturated rings. The summed E-state index contributed by atoms with van der Waals surface area (Å²) in [6, 6.07) is 6.59. The Morgan fingerprint density at radius 1 is 1.32 bits per heavy atom. The summed E-state index contributed by atoms with van der Waals surface area (Å²) in [4.78, 5) is 24.1. The Morgan fingerprint density at radius 2 is 2.18 bits per heavy atom. The highest BCUT2D eigenvalue weighted by Crippen LogP contribution is 2.28. The lowest BCUT2D eigenvalue weighted by Crippen LogP contribution is -2.26. The number of amides is 1. The Balaban J connectivity index is 1.46. The molecular formula is C19H19FN6O2. The lowest BCUT2D eigenvalue weighted by atomic mass is 10.2. The average molecular weight is 382 g/mol. The molecule has 2 aliphatic rings. The molecule has 1 amide bonds. The van der Waals surface area contributed by atoms with E-state index in [-0.39, 0.29) is 29.4 Å². The van der Waals surface area contributed by atoms with Gasteiger partial charge in [0.1, 0.15) is 12.0 Å². The maximum atomic E-state index is 13.3. The summed E-state index contributed by atoms with van der Waals surface area (Å²) >= 11 is 0. The van der Waals surface area contributed by atoms with Crippen molar-refractivity contribution in [2.45, 2.75) is 12.6 Å². The number of carbonyl (C=O) groups is 1. The van der Waals surface area contributed by atoms with Crippen molar-refractivity contribution < 1.29 is 14.3 Å². The highest BCUT2D eigenvalue weighted by atomic mass is 19.1. The molecule has 8 nitrogen and oxygen atoms in total. The molecule has 1 atom stereocenters. The zero-order valence-electron chi connectivity index (χ0n) is 15.0. The Hall–Kier alpha value is -3.49. The first-order valence-electron chi connectivity index (χ1n) is 8.88. The van der Waals surface area contributed by atoms with Crippen molar-refractivity contribution in [3.8, 4) is 5.75 Å². The molecule has 2 saturated heterocycles. The van der Waals surface area contributed by atoms with Crippen molar-refractivity contribution >= 4 is 28.9 Å². The van der Waals surface area contributed by atoms with Crippen LogP contribution in [0.3, 0.4) is 0 Å². The van der Waals surface area contributed by atoms with E-state index < -0.39 is 12.1 Å². The number of nitrogens with one attached hydrogen (secondary N) is 2. The number of halogens is 1. The number of aromatic hydroxyl groups is 1. The molecule has 0 saturated carbocycles. The Kier molecular flexibility index (Phi) is 4.64. The Labute approximate surface area is 160 Å². The Bertz CT molecular complexity index is 946. The van der Waals surface area contributed by atoms with Gasteiger partial charge in [0.15, 0.2) is 11.6 Å². The van der Waals surface area contributed by atoms with Gasteiger partial charge in [0, 0.05) is 18.9 Å². The third kappa shape index (κ3) is 3.38. The van der Waals surface area contributed by atoms with Gasteiger partial charge in [-0.3, -0.25) is 9.69 Å². The van der Waals surface area contributed by atoms with Crippen LogP contribution in [0.25, 0.3) is 0 Å². The van der Waals surface area contributed by atoms with Crippen molar-refractivity contribution in [1.82, 2.24) is 9.97 Å². The summed E-state index contributed by atoms with van der Waals surface area (Å²) in [6.07, 6.45) is 4.23. The standard InChI is InChI=1S/C19H19FN6O2/c20-12-5-7-25(10-12)17-4-3-13(8-24-17)23-9-14-15(21)11-26(19(14)28)18-16(27)2-1-6-22-18/h1-4,6,8-9,12,21,23,27H,5,7,10-11H2/b14-9+,21-15?/t12-/m0/s1. The number of anilines is 3. The van der Waals surface area contributed by atoms with E-state index in [1.165, 1.54) is 23.4 Å². The van der Waals surface area contributed by atoms with Crippen LogP contribution >= 0.6 is 0 Å². The van der Waals surface area contributed by atoms with Gasteiger partial charge < -0.3 is 20.7 Å². The van der Waals surface area contributed by atoms with Crippen LogP contribution in [0.2, 0.25) is 0 Å². The monoisotopic (exact) mass is 382 g/mol. The molecule has 2 aromatic rings. The zero-order chi connectivity index (χ0) is 19.7. The van der Waals surface area contributed by atoms with Gasteiger partial charge in [-0.15, -0.1) is 0 Å². The van der Waals surface area contributed by atoms with Crippen LogP contribution in [0.5, 0.6) is 5.75 Å². The third-order valence-electron chi connectivity index (χ3n) is 4.72. The highest BCUT2D eigenvalue weighted by Gasteiger charge is 2.34. The minimum Gasteiger partial charge on any atom is -0.504 e. The van der Waals surface area contributed by atoms with Gasteiger partial charge in [0.05, 0.1) is 36.3 Å². The van der Waals surface area contributed by atoms with E-state index in [0.717, 1.165) is 0 Å². The maximum absolute atomic E-state index is 13.3. The molecule has 0 bridgehead atoms. The van der Waals surface area contributed by atoms with E-state index in [1.807, 2.05) is 4.90 Å². The molecule has 0 spiro atoms. The predicted octanol–water partition coefficient (Wildman–Crippen LogP) is 2.09. The molecule has 9 heteroatoms. The van der Waals surface area contributed by atoms with Gasteiger partial charge in [0.2, 0.25) is 0 Å². The van der Waals surface area contributed by atoms with E-state index in [1.54, 1.807) is 24.4 Å². The third-order valence-corrected chi connectivity index (χ3v) is 4.72. The number of pyridine rings is 2. The van der Waals surface area contributed by atoms with Crippen molar-refractivity contribution in [3.05, 3.63) is 48.4 Å². The van der Waals surface area contributed by atoms with Crippen LogP contribution in [-0.4, -0.2) is 52.5 Å². The van der Waals surface area contributed by atoms with E-state index in [0.29, 0.717) is 31.0 Å². The second kappa shape index (κ2) is 7.26. The molecule has 2 aliphatic heterocycles. The SMILES string of the molecule is N=C1CN(c2ncccc2O)C(=O)/C1=C/Nc1ccc(N2CC[C@H](F)C2)nc1. The van der Waals surface area contributed by atoms with Crippen LogP contribution in [-0.2, 0) is 4.79 Å². The van der Waals surface area contributed by atoms with E-state index >= 15 is 0 Å². The van der Waals surface area contributed by atoms with Crippen LogP contribution < -0.4 is 15.1 Å². The highest BCUT2D eigenvalue weighted by molar-refractivity contribution is 6.32. The molecule has 144 valence electrons. The number of aromatic nitrogens is 2. The van der Waals surface area contributed by atoms with Crippen LogP contribution in [0.4, 0.5) is 21.7 Å². The lowest BCUT2D eigenvalue weighted by Gasteiger charge is -2.16. The topological polar surface area (TPSA) is 105 Å². The quantitative estimate of drug-likeness (QED) is 0.700. The van der Waals surface area contributed by atoms with Crippen LogP contribution in [0, 0.1) is 5.41 Å². The largest absolute Gasteiger partial charge is 0.504 e. The summed E-state index contributed by atoms with van der Waals surface area (Å²) < 4.78 is 13.3. The minimum absolute atomic E-state index is 0.0352. The summed E-state index contributed by atoms with van der Waals surface area (Å²) in [5.74, 6) is 0.306. The number of rotatable bonds is 4. The normalized spacial score (nSPS) is 21.0. The van der Waals surface area contributed by atoms with Gasteiger partial charge >= 0.3 is 0 Å². The second-order valence-electron chi connectivity index (χ2n) is 6.66. The number of hydrogen-bond donors (Lipinski definition) is 3. The molecule has 0 unspecified atom stereocenters. The average Bonchev–Trinajstić information content (AvgIpc) is 3.24.